The molecule has 24 heavy (non-hydrogen) atoms. The van der Waals surface area contributed by atoms with E-state index in [-0.39, 0.29) is 16.5 Å². The molecule has 2 aromatic carbocycles. The van der Waals surface area contributed by atoms with Crippen LogP contribution in [-0.2, 0) is 0 Å². The van der Waals surface area contributed by atoms with E-state index >= 15 is 0 Å². The zero-order valence-corrected chi connectivity index (χ0v) is 13.1. The van der Waals surface area contributed by atoms with Crippen molar-refractivity contribution in [2.75, 3.05) is 0 Å². The first-order valence-electron chi connectivity index (χ1n) is 7.23. The summed E-state index contributed by atoms with van der Waals surface area (Å²) in [6, 6.07) is 16.0. The van der Waals surface area contributed by atoms with Crippen molar-refractivity contribution in [2.24, 2.45) is 0 Å². The fraction of sp³-hybridized carbons (Fsp3) is 0. The number of rotatable bonds is 2. The number of carbonyl (C=O) groups is 2. The van der Waals surface area contributed by atoms with Gasteiger partial charge in [-0.1, -0.05) is 71.4 Å². The molecule has 116 valence electrons. The number of nitrogens with zero attached hydrogens (tertiary/aromatic N) is 3. The lowest BCUT2D eigenvalue weighted by Gasteiger charge is -2.16. The minimum Gasteiger partial charge on any atom is -0.287 e. The second-order valence-corrected chi connectivity index (χ2v) is 5.66. The number of halogens is 1. The maximum Gasteiger partial charge on any atom is 0.213 e. The van der Waals surface area contributed by atoms with Crippen LogP contribution in [0.5, 0.6) is 0 Å². The maximum absolute atomic E-state index is 12.7. The first kappa shape index (κ1) is 14.5. The summed E-state index contributed by atoms with van der Waals surface area (Å²) < 4.78 is 1.26. The topological polar surface area (TPSA) is 64.8 Å². The molecule has 0 unspecified atom stereocenters. The van der Waals surface area contributed by atoms with Gasteiger partial charge >= 0.3 is 0 Å². The number of hydrogen-bond acceptors (Lipinski definition) is 4. The van der Waals surface area contributed by atoms with E-state index in [4.69, 9.17) is 11.6 Å². The van der Waals surface area contributed by atoms with Gasteiger partial charge in [0.05, 0.1) is 6.20 Å². The number of Topliss-reactive ketones (excluding diaryl/α,β-unsaturated/α-hetero) is 2. The highest BCUT2D eigenvalue weighted by atomic mass is 35.5. The quantitative estimate of drug-likeness (QED) is 0.719. The van der Waals surface area contributed by atoms with E-state index in [1.807, 2.05) is 30.3 Å². The van der Waals surface area contributed by atoms with Crippen LogP contribution >= 0.6 is 11.6 Å². The lowest BCUT2D eigenvalue weighted by molar-refractivity contribution is 0.0993. The van der Waals surface area contributed by atoms with Crippen molar-refractivity contribution in [1.82, 2.24) is 15.0 Å². The molecular weight excluding hydrogens is 326 g/mol. The molecule has 0 spiro atoms. The van der Waals surface area contributed by atoms with Gasteiger partial charge in [0.2, 0.25) is 11.6 Å². The van der Waals surface area contributed by atoms with E-state index in [0.717, 1.165) is 5.56 Å². The van der Waals surface area contributed by atoms with Crippen molar-refractivity contribution in [1.29, 1.82) is 0 Å². The van der Waals surface area contributed by atoms with Crippen LogP contribution < -0.4 is 0 Å². The van der Waals surface area contributed by atoms with E-state index in [9.17, 15) is 9.59 Å². The van der Waals surface area contributed by atoms with Crippen LogP contribution in [0.15, 0.2) is 65.8 Å². The van der Waals surface area contributed by atoms with E-state index in [1.54, 1.807) is 30.5 Å². The Bertz CT molecular complexity index is 1010. The van der Waals surface area contributed by atoms with Gasteiger partial charge in [0.15, 0.2) is 0 Å². The zero-order valence-electron chi connectivity index (χ0n) is 12.3. The Labute approximate surface area is 142 Å². The number of ketones is 2. The first-order chi connectivity index (χ1) is 11.7. The molecule has 4 rings (SSSR count). The number of hydrogen-bond donors (Lipinski definition) is 0. The summed E-state index contributed by atoms with van der Waals surface area (Å²) in [5.41, 5.74) is 2.09. The number of benzene rings is 2. The second-order valence-electron chi connectivity index (χ2n) is 5.28. The monoisotopic (exact) mass is 335 g/mol. The zero-order chi connectivity index (χ0) is 16.7. The van der Waals surface area contributed by atoms with Crippen molar-refractivity contribution >= 4 is 28.9 Å². The molecule has 1 aliphatic carbocycles. The Kier molecular flexibility index (Phi) is 3.36. The average Bonchev–Trinajstić information content (AvgIpc) is 3.10. The molecular formula is C18H10ClN3O2. The molecule has 0 saturated heterocycles. The summed E-state index contributed by atoms with van der Waals surface area (Å²) in [7, 11) is 0. The summed E-state index contributed by atoms with van der Waals surface area (Å²) >= 11 is 6.17. The molecule has 1 aliphatic rings. The van der Waals surface area contributed by atoms with E-state index in [0.29, 0.717) is 16.8 Å². The number of allylic oxidation sites excluding steroid dienone is 2. The van der Waals surface area contributed by atoms with Gasteiger partial charge in [0, 0.05) is 16.7 Å². The number of fused-ring (bicyclic) bond motifs is 1. The molecule has 3 aromatic rings. The lowest BCUT2D eigenvalue weighted by atomic mass is 9.92. The van der Waals surface area contributed by atoms with Crippen molar-refractivity contribution in [2.45, 2.75) is 0 Å². The Balaban J connectivity index is 1.83. The highest BCUT2D eigenvalue weighted by Gasteiger charge is 2.33. The predicted octanol–water partition coefficient (Wildman–Crippen LogP) is 3.43. The van der Waals surface area contributed by atoms with Gasteiger partial charge in [-0.05, 0) is 0 Å². The van der Waals surface area contributed by atoms with Gasteiger partial charge in [-0.3, -0.25) is 9.59 Å². The Morgan fingerprint density at radius 1 is 0.833 bits per heavy atom. The van der Waals surface area contributed by atoms with Crippen molar-refractivity contribution < 1.29 is 9.59 Å². The Morgan fingerprint density at radius 2 is 1.46 bits per heavy atom. The predicted molar refractivity (Wildman–Crippen MR) is 89.6 cm³/mol. The molecule has 5 nitrogen and oxygen atoms in total. The molecule has 0 aliphatic heterocycles. The summed E-state index contributed by atoms with van der Waals surface area (Å²) in [4.78, 5) is 25.2. The summed E-state index contributed by atoms with van der Waals surface area (Å²) in [6.45, 7) is 0. The molecule has 1 heterocycles. The van der Waals surface area contributed by atoms with Gasteiger partial charge in [-0.2, -0.15) is 0 Å². The molecule has 0 bridgehead atoms. The highest BCUT2D eigenvalue weighted by Crippen LogP contribution is 2.31. The molecule has 0 saturated carbocycles. The van der Waals surface area contributed by atoms with E-state index in [2.05, 4.69) is 10.3 Å². The van der Waals surface area contributed by atoms with Crippen LogP contribution in [0.25, 0.3) is 17.0 Å². The number of carbonyl (C=O) groups excluding carboxylic acids is 2. The highest BCUT2D eigenvalue weighted by molar-refractivity contribution is 6.55. The Morgan fingerprint density at radius 3 is 2.17 bits per heavy atom. The largest absolute Gasteiger partial charge is 0.287 e. The Hall–Kier alpha value is -3.05. The van der Waals surface area contributed by atoms with Crippen LogP contribution in [0.4, 0.5) is 0 Å². The first-order valence-corrected chi connectivity index (χ1v) is 7.61. The van der Waals surface area contributed by atoms with Gasteiger partial charge in [-0.25, -0.2) is 4.68 Å². The van der Waals surface area contributed by atoms with Crippen LogP contribution in [0.1, 0.15) is 20.7 Å². The fourth-order valence-electron chi connectivity index (χ4n) is 2.65. The van der Waals surface area contributed by atoms with Crippen LogP contribution in [-0.4, -0.2) is 26.6 Å². The third-order valence-electron chi connectivity index (χ3n) is 3.83. The standard InChI is InChI=1S/C18H10ClN3O2/c19-15-16(18(24)13-9-5-4-8-12(13)17(15)23)22-10-14(20-21-22)11-6-2-1-3-7-11/h1-10H. The van der Waals surface area contributed by atoms with Gasteiger partial charge in [0.25, 0.3) is 0 Å². The maximum atomic E-state index is 12.7. The van der Waals surface area contributed by atoms with E-state index in [1.165, 1.54) is 4.68 Å². The summed E-state index contributed by atoms with van der Waals surface area (Å²) in [6.07, 6.45) is 1.59. The summed E-state index contributed by atoms with van der Waals surface area (Å²) in [5.74, 6) is -0.738. The molecule has 6 heteroatoms. The van der Waals surface area contributed by atoms with Gasteiger partial charge in [0.1, 0.15) is 16.4 Å². The smallest absolute Gasteiger partial charge is 0.213 e. The molecule has 0 atom stereocenters. The van der Waals surface area contributed by atoms with Crippen LogP contribution in [0, 0.1) is 0 Å². The minimum atomic E-state index is -0.390. The fourth-order valence-corrected chi connectivity index (χ4v) is 2.93. The van der Waals surface area contributed by atoms with E-state index < -0.39 is 5.78 Å². The third-order valence-corrected chi connectivity index (χ3v) is 4.18. The average molecular weight is 336 g/mol. The molecule has 0 fully saturated rings. The van der Waals surface area contributed by atoms with Gasteiger partial charge < -0.3 is 0 Å². The minimum absolute atomic E-state index is 0.0232. The van der Waals surface area contributed by atoms with Crippen LogP contribution in [0.3, 0.4) is 0 Å². The number of aromatic nitrogens is 3. The third kappa shape index (κ3) is 2.18. The molecule has 0 amide bonds. The molecule has 0 radical (unpaired) electrons. The van der Waals surface area contributed by atoms with Crippen LogP contribution in [0.2, 0.25) is 0 Å². The van der Waals surface area contributed by atoms with Crippen molar-refractivity contribution in [3.05, 3.63) is 77.0 Å². The lowest BCUT2D eigenvalue weighted by Crippen LogP contribution is -2.22. The SMILES string of the molecule is O=C1C(Cl)=C(n2cc(-c3ccccc3)nn2)C(=O)c2ccccc21. The van der Waals surface area contributed by atoms with Gasteiger partial charge in [-0.15, -0.1) is 5.10 Å². The van der Waals surface area contributed by atoms with Crippen molar-refractivity contribution in [3.8, 4) is 11.3 Å². The normalized spacial score (nSPS) is 14.0. The summed E-state index contributed by atoms with van der Waals surface area (Å²) in [5, 5.41) is 7.89. The van der Waals surface area contributed by atoms with Crippen molar-refractivity contribution in [3.63, 3.8) is 0 Å². The second kappa shape index (κ2) is 5.54. The molecule has 0 N–H and O–H groups in total. The molecule has 1 aromatic heterocycles.